The van der Waals surface area contributed by atoms with E-state index in [9.17, 15) is 34.3 Å². The third-order valence-electron chi connectivity index (χ3n) is 5.73. The Labute approximate surface area is 186 Å². The first-order valence-electron chi connectivity index (χ1n) is 10.6. The van der Waals surface area contributed by atoms with E-state index in [0.717, 1.165) is 5.56 Å². The van der Waals surface area contributed by atoms with Crippen LogP contribution in [0.15, 0.2) is 48.5 Å². The molecule has 0 amide bonds. The standard InChI is InChI=1S/C24H32F2O6/c1-14(10-15-2-6-18(25)7-3-15)11-17(12-16-4-8-19(26)9-5-16)21(29)23(31)24(32)22(30)20(28)13-27/h2-9,14,17,20-24,27-32H,10-13H2,1H3/t14?,17?,20-,21?,22+,23+,24-/m0/s1. The SMILES string of the molecule is CC(Cc1ccc(F)cc1)CC(Cc1ccc(F)cc1)C(O)[C@@H](O)[C@@H](O)[C@H](O)[C@@H](O)CO. The van der Waals surface area contributed by atoms with Gasteiger partial charge in [-0.05, 0) is 66.5 Å². The van der Waals surface area contributed by atoms with Gasteiger partial charge >= 0.3 is 0 Å². The molecule has 0 aliphatic carbocycles. The molecule has 0 heterocycles. The number of aliphatic hydroxyl groups is 6. The molecule has 0 saturated heterocycles. The Bertz CT molecular complexity index is 801. The smallest absolute Gasteiger partial charge is 0.123 e. The zero-order valence-corrected chi connectivity index (χ0v) is 17.9. The van der Waals surface area contributed by atoms with Gasteiger partial charge in [-0.25, -0.2) is 8.78 Å². The van der Waals surface area contributed by atoms with Gasteiger partial charge in [-0.15, -0.1) is 0 Å². The summed E-state index contributed by atoms with van der Waals surface area (Å²) in [6.45, 7) is 1.11. The van der Waals surface area contributed by atoms with Gasteiger partial charge in [0.25, 0.3) is 0 Å². The van der Waals surface area contributed by atoms with Crippen molar-refractivity contribution in [1.82, 2.24) is 0 Å². The van der Waals surface area contributed by atoms with Crippen molar-refractivity contribution in [2.24, 2.45) is 11.8 Å². The summed E-state index contributed by atoms with van der Waals surface area (Å²) in [6.07, 6.45) is -7.46. The monoisotopic (exact) mass is 454 g/mol. The molecule has 0 aromatic heterocycles. The van der Waals surface area contributed by atoms with Crippen LogP contribution in [0.4, 0.5) is 8.78 Å². The van der Waals surface area contributed by atoms with Crippen molar-refractivity contribution in [2.45, 2.75) is 56.7 Å². The third kappa shape index (κ3) is 7.58. The first kappa shape index (κ1) is 26.3. The van der Waals surface area contributed by atoms with Gasteiger partial charge in [0.15, 0.2) is 0 Å². The Hall–Kier alpha value is -1.94. The van der Waals surface area contributed by atoms with E-state index in [1.165, 1.54) is 24.3 Å². The van der Waals surface area contributed by atoms with Crippen molar-refractivity contribution >= 4 is 0 Å². The van der Waals surface area contributed by atoms with Gasteiger partial charge in [0.1, 0.15) is 36.1 Å². The molecule has 0 fully saturated rings. The van der Waals surface area contributed by atoms with E-state index >= 15 is 0 Å². The highest BCUT2D eigenvalue weighted by Crippen LogP contribution is 2.27. The molecule has 3 unspecified atom stereocenters. The summed E-state index contributed by atoms with van der Waals surface area (Å²) in [5.41, 5.74) is 1.61. The summed E-state index contributed by atoms with van der Waals surface area (Å²) in [4.78, 5) is 0. The maximum Gasteiger partial charge on any atom is 0.123 e. The zero-order chi connectivity index (χ0) is 23.8. The van der Waals surface area contributed by atoms with E-state index in [1.807, 2.05) is 6.92 Å². The van der Waals surface area contributed by atoms with Crippen LogP contribution >= 0.6 is 0 Å². The summed E-state index contributed by atoms with van der Waals surface area (Å²) in [7, 11) is 0. The largest absolute Gasteiger partial charge is 0.394 e. The summed E-state index contributed by atoms with van der Waals surface area (Å²) < 4.78 is 26.4. The molecule has 178 valence electrons. The predicted molar refractivity (Wildman–Crippen MR) is 115 cm³/mol. The van der Waals surface area contributed by atoms with Gasteiger partial charge in [0.05, 0.1) is 12.7 Å². The van der Waals surface area contributed by atoms with Crippen LogP contribution in [0.5, 0.6) is 0 Å². The quantitative estimate of drug-likeness (QED) is 0.287. The number of hydrogen-bond donors (Lipinski definition) is 6. The molecular weight excluding hydrogens is 422 g/mol. The lowest BCUT2D eigenvalue weighted by Crippen LogP contribution is -2.52. The maximum atomic E-state index is 13.3. The number of aliphatic hydroxyl groups excluding tert-OH is 6. The second kappa shape index (κ2) is 12.3. The van der Waals surface area contributed by atoms with Crippen LogP contribution in [-0.4, -0.2) is 67.8 Å². The lowest BCUT2D eigenvalue weighted by molar-refractivity contribution is -0.149. The second-order valence-electron chi connectivity index (χ2n) is 8.47. The summed E-state index contributed by atoms with van der Waals surface area (Å²) in [5, 5.41) is 59.9. The molecule has 7 atom stereocenters. The Morgan fingerprint density at radius 3 is 1.56 bits per heavy atom. The van der Waals surface area contributed by atoms with E-state index < -0.39 is 48.9 Å². The fraction of sp³-hybridized carbons (Fsp3) is 0.500. The van der Waals surface area contributed by atoms with E-state index in [2.05, 4.69) is 0 Å². The number of benzene rings is 2. The highest BCUT2D eigenvalue weighted by atomic mass is 19.1. The Kier molecular flexibility index (Phi) is 10.1. The normalized spacial score (nSPS) is 18.4. The van der Waals surface area contributed by atoms with Gasteiger partial charge in [0.2, 0.25) is 0 Å². The average molecular weight is 455 g/mol. The topological polar surface area (TPSA) is 121 Å². The second-order valence-corrected chi connectivity index (χ2v) is 8.47. The first-order valence-corrected chi connectivity index (χ1v) is 10.6. The minimum atomic E-state index is -1.89. The highest BCUT2D eigenvalue weighted by Gasteiger charge is 2.37. The fourth-order valence-electron chi connectivity index (χ4n) is 3.91. The molecule has 0 aliphatic rings. The molecule has 0 bridgehead atoms. The van der Waals surface area contributed by atoms with Crippen molar-refractivity contribution in [3.63, 3.8) is 0 Å². The van der Waals surface area contributed by atoms with Crippen LogP contribution in [0, 0.1) is 23.5 Å². The Morgan fingerprint density at radius 2 is 1.09 bits per heavy atom. The van der Waals surface area contributed by atoms with Gasteiger partial charge in [-0.2, -0.15) is 0 Å². The molecular formula is C24H32F2O6. The van der Waals surface area contributed by atoms with Gasteiger partial charge in [-0.3, -0.25) is 0 Å². The number of rotatable bonds is 12. The van der Waals surface area contributed by atoms with Gasteiger partial charge < -0.3 is 30.6 Å². The van der Waals surface area contributed by atoms with Crippen molar-refractivity contribution in [3.8, 4) is 0 Å². The number of hydrogen-bond acceptors (Lipinski definition) is 6. The Morgan fingerprint density at radius 1 is 0.656 bits per heavy atom. The maximum absolute atomic E-state index is 13.3. The fourth-order valence-corrected chi connectivity index (χ4v) is 3.91. The molecule has 6 nitrogen and oxygen atoms in total. The van der Waals surface area contributed by atoms with E-state index in [4.69, 9.17) is 5.11 Å². The van der Waals surface area contributed by atoms with Crippen molar-refractivity contribution in [3.05, 3.63) is 71.3 Å². The van der Waals surface area contributed by atoms with Crippen LogP contribution in [0.1, 0.15) is 24.5 Å². The summed E-state index contributed by atoms with van der Waals surface area (Å²) in [5.74, 6) is -1.34. The lowest BCUT2D eigenvalue weighted by atomic mass is 9.80. The minimum Gasteiger partial charge on any atom is -0.394 e. The van der Waals surface area contributed by atoms with Crippen LogP contribution < -0.4 is 0 Å². The van der Waals surface area contributed by atoms with E-state index in [-0.39, 0.29) is 18.2 Å². The molecule has 0 saturated carbocycles. The summed E-state index contributed by atoms with van der Waals surface area (Å²) in [6, 6.07) is 11.8. The summed E-state index contributed by atoms with van der Waals surface area (Å²) >= 11 is 0. The van der Waals surface area contributed by atoms with E-state index in [0.29, 0.717) is 18.4 Å². The molecule has 0 radical (unpaired) electrons. The average Bonchev–Trinajstić information content (AvgIpc) is 2.79. The zero-order valence-electron chi connectivity index (χ0n) is 17.9. The first-order chi connectivity index (χ1) is 15.1. The van der Waals surface area contributed by atoms with Crippen LogP contribution in [0.3, 0.4) is 0 Å². The molecule has 32 heavy (non-hydrogen) atoms. The van der Waals surface area contributed by atoms with Crippen LogP contribution in [0.2, 0.25) is 0 Å². The molecule has 0 spiro atoms. The number of halogens is 2. The predicted octanol–water partition coefficient (Wildman–Crippen LogP) is 1.19. The van der Waals surface area contributed by atoms with Gasteiger partial charge in [-0.1, -0.05) is 31.2 Å². The lowest BCUT2D eigenvalue weighted by Gasteiger charge is -2.33. The van der Waals surface area contributed by atoms with Crippen LogP contribution in [0.25, 0.3) is 0 Å². The van der Waals surface area contributed by atoms with Gasteiger partial charge in [0, 0.05) is 0 Å². The van der Waals surface area contributed by atoms with Crippen LogP contribution in [-0.2, 0) is 12.8 Å². The van der Waals surface area contributed by atoms with Crippen molar-refractivity contribution in [1.29, 1.82) is 0 Å². The molecule has 0 aliphatic heterocycles. The van der Waals surface area contributed by atoms with E-state index in [1.54, 1.807) is 24.3 Å². The molecule has 2 aromatic rings. The minimum absolute atomic E-state index is 0.00198. The molecule has 8 heteroatoms. The molecule has 6 N–H and O–H groups in total. The van der Waals surface area contributed by atoms with Crippen molar-refractivity contribution < 1.29 is 39.4 Å². The Balaban J connectivity index is 2.16. The molecule has 2 rings (SSSR count). The third-order valence-corrected chi connectivity index (χ3v) is 5.73. The molecule has 2 aromatic carbocycles. The highest BCUT2D eigenvalue weighted by molar-refractivity contribution is 5.18. The van der Waals surface area contributed by atoms with Crippen molar-refractivity contribution in [2.75, 3.05) is 6.61 Å².